The predicted molar refractivity (Wildman–Crippen MR) is 423 cm³/mol. The summed E-state index contributed by atoms with van der Waals surface area (Å²) in [5, 5.41) is 29.4. The Morgan fingerprint density at radius 3 is 1.09 bits per heavy atom. The molecule has 108 heavy (non-hydrogen) atoms. The fourth-order valence-electron chi connectivity index (χ4n) is 9.44. The van der Waals surface area contributed by atoms with Crippen molar-refractivity contribution in [2.45, 2.75) is 18.5 Å². The van der Waals surface area contributed by atoms with Crippen molar-refractivity contribution in [1.82, 2.24) is 0 Å². The van der Waals surface area contributed by atoms with Crippen LogP contribution in [0.2, 0.25) is 25.1 Å². The Bertz CT molecular complexity index is 4740. The molecule has 3 N–H and O–H groups in total. The smallest absolute Gasteiger partial charge is 0.496 e. The van der Waals surface area contributed by atoms with Crippen molar-refractivity contribution in [3.8, 4) is 79.0 Å². The molecule has 566 valence electrons. The molecule has 0 aliphatic carbocycles. The lowest BCUT2D eigenvalue weighted by atomic mass is 9.81. The molecule has 0 atom stereocenters. The summed E-state index contributed by atoms with van der Waals surface area (Å²) in [6.07, 6.45) is 0.0574. The molecule has 0 heterocycles. The maximum atomic E-state index is 14.7. The number of alkyl halides is 1. The zero-order chi connectivity index (χ0) is 79.7. The van der Waals surface area contributed by atoms with Crippen LogP contribution in [0, 0.1) is 34.9 Å². The first-order valence-corrected chi connectivity index (χ1v) is 35.7. The Kier molecular flexibility index (Phi) is 38.2. The van der Waals surface area contributed by atoms with E-state index in [1.165, 1.54) is 92.2 Å². The minimum absolute atomic E-state index is 0.00854. The standard InChI is InChI=1S/C16H14ClFO4.C14H11BrClFO.C14H12ClFO2.C14H10ClFO2.C8H6BrFO2.C7H6BrFO.C6H6BClO2/c1-20-13-7-6-11(9-22-16(19)21-2)15(18)14(13)10-4-3-5-12(17)8-10;1-18-12-6-5-10(8-15)14(17)13(12)9-3-2-4-11(16)7-9;2*1-18-12-6-5-10(8-17)14(16)13(12)9-3-2-4-11(15)7-9;1-12-6-3-2-5(4-11)8(10)7(6)9;1-10-6-4-2-3-5(9)7(6)8;8-6-3-1-2-5(4-6)7(9)10/h3-8H,9H2,1-2H3;2-7H,8H2,1H3;2-7,17H,8H2,1H3;2-8H,1H3;2-4H,1H3;2-4H,1H3;1-4,9-10H. The van der Waals surface area contributed by atoms with E-state index in [0.29, 0.717) is 126 Å². The third kappa shape index (κ3) is 25.7. The third-order valence-electron chi connectivity index (χ3n) is 14.7. The molecule has 11 aromatic rings. The van der Waals surface area contributed by atoms with Gasteiger partial charge in [-0.3, -0.25) is 9.59 Å². The molecule has 0 saturated carbocycles. The summed E-state index contributed by atoms with van der Waals surface area (Å²) in [4.78, 5) is 32.1. The van der Waals surface area contributed by atoms with Crippen LogP contribution in [0.1, 0.15) is 37.4 Å². The molecule has 29 heteroatoms. The van der Waals surface area contributed by atoms with E-state index >= 15 is 0 Å². The largest absolute Gasteiger partial charge is 0.508 e. The summed E-state index contributed by atoms with van der Waals surface area (Å²) >= 11 is 38.5. The highest BCUT2D eigenvalue weighted by atomic mass is 79.9. The number of methoxy groups -OCH3 is 7. The summed E-state index contributed by atoms with van der Waals surface area (Å²) in [5.74, 6) is -0.292. The van der Waals surface area contributed by atoms with Crippen LogP contribution in [0.3, 0.4) is 0 Å². The van der Waals surface area contributed by atoms with Crippen molar-refractivity contribution in [1.29, 1.82) is 0 Å². The molecule has 0 aromatic heterocycles. The van der Waals surface area contributed by atoms with Gasteiger partial charge >= 0.3 is 13.3 Å². The first-order valence-electron chi connectivity index (χ1n) is 31.1. The SMILES string of the molecule is COC(=O)OCc1ccc(OC)c(-c2cccc(Cl)c2)c1F.COc1ccc(C=O)c(F)c1-c1cccc(Cl)c1.COc1ccc(C=O)c(F)c1Br.COc1ccc(CBr)c(F)c1-c1cccc(Cl)c1.COc1ccc(CO)c(F)c1-c1cccc(Cl)c1.COc1cccc(F)c1Br.OB(O)c1cccc(Cl)c1. The number of aliphatic hydroxyl groups excluding tert-OH is 1. The number of halogens is 14. The fourth-order valence-corrected chi connectivity index (χ4v) is 11.8. The number of hydrogen-bond donors (Lipinski definition) is 3. The van der Waals surface area contributed by atoms with Gasteiger partial charge in [-0.1, -0.05) is 153 Å². The van der Waals surface area contributed by atoms with Crippen LogP contribution in [-0.4, -0.2) is 90.8 Å². The molecule has 0 amide bonds. The van der Waals surface area contributed by atoms with E-state index in [4.69, 9.17) is 106 Å². The summed E-state index contributed by atoms with van der Waals surface area (Å²) in [6.45, 7) is -0.598. The van der Waals surface area contributed by atoms with Crippen molar-refractivity contribution in [3.05, 3.63) is 297 Å². The first kappa shape index (κ1) is 89.9. The zero-order valence-corrected chi connectivity index (χ0v) is 66.6. The van der Waals surface area contributed by atoms with E-state index in [1.54, 1.807) is 152 Å². The number of benzene rings is 11. The van der Waals surface area contributed by atoms with Crippen LogP contribution in [0.5, 0.6) is 34.5 Å². The van der Waals surface area contributed by atoms with Gasteiger partial charge in [-0.2, -0.15) is 0 Å². The number of carbonyl (C=O) groups is 3. The molecule has 11 aromatic carbocycles. The van der Waals surface area contributed by atoms with Crippen LogP contribution >= 0.6 is 106 Å². The van der Waals surface area contributed by atoms with Gasteiger partial charge in [0, 0.05) is 41.6 Å². The van der Waals surface area contributed by atoms with Gasteiger partial charge in [0.25, 0.3) is 0 Å². The van der Waals surface area contributed by atoms with Gasteiger partial charge in [-0.15, -0.1) is 0 Å². The minimum Gasteiger partial charge on any atom is -0.496 e. The number of rotatable bonds is 17. The quantitative estimate of drug-likeness (QED) is 0.0257. The Morgan fingerprint density at radius 1 is 0.407 bits per heavy atom. The molecule has 0 radical (unpaired) electrons. The average molecular weight is 1780 g/mol. The van der Waals surface area contributed by atoms with Crippen LogP contribution in [0.15, 0.2) is 209 Å². The number of aliphatic hydroxyl groups is 1. The topological polar surface area (TPSA) is 186 Å². The van der Waals surface area contributed by atoms with Gasteiger partial charge in [0.15, 0.2) is 18.4 Å². The monoisotopic (exact) mass is 1770 g/mol. The van der Waals surface area contributed by atoms with Gasteiger partial charge < -0.3 is 53.0 Å². The number of carbonyl (C=O) groups excluding carboxylic acids is 3. The summed E-state index contributed by atoms with van der Waals surface area (Å²) in [5.41, 5.74) is 5.16. The predicted octanol–water partition coefficient (Wildman–Crippen LogP) is 22.1. The molecule has 0 unspecified atom stereocenters. The third-order valence-corrected chi connectivity index (χ3v) is 18.0. The second-order valence-corrected chi connectivity index (χ2v) is 25.7. The van der Waals surface area contributed by atoms with Gasteiger partial charge in [-0.05, 0) is 186 Å². The Hall–Kier alpha value is -8.76. The minimum atomic E-state index is -1.43. The summed E-state index contributed by atoms with van der Waals surface area (Å²) < 4.78 is 123. The first-order chi connectivity index (χ1) is 51.7. The molecule has 0 aliphatic heterocycles. The maximum absolute atomic E-state index is 14.7. The van der Waals surface area contributed by atoms with Crippen LogP contribution in [0.4, 0.5) is 31.1 Å². The highest BCUT2D eigenvalue weighted by Crippen LogP contribution is 2.40. The normalized spacial score (nSPS) is 10.1. The van der Waals surface area contributed by atoms with Crippen molar-refractivity contribution >= 4 is 137 Å². The van der Waals surface area contributed by atoms with Crippen molar-refractivity contribution < 1.29 is 93.8 Å². The van der Waals surface area contributed by atoms with Gasteiger partial charge in [-0.25, -0.2) is 31.1 Å². The maximum Gasteiger partial charge on any atom is 0.508 e. The van der Waals surface area contributed by atoms with Gasteiger partial charge in [0.05, 0.1) is 98.7 Å². The molecule has 14 nitrogen and oxygen atoms in total. The molecule has 11 rings (SSSR count). The van der Waals surface area contributed by atoms with Gasteiger partial charge in [0.1, 0.15) is 70.2 Å². The Labute approximate surface area is 670 Å². The second kappa shape index (κ2) is 45.9. The molecule has 0 aliphatic rings. The highest BCUT2D eigenvalue weighted by Gasteiger charge is 2.21. The van der Waals surface area contributed by atoms with E-state index in [0.717, 1.165) is 0 Å². The highest BCUT2D eigenvalue weighted by molar-refractivity contribution is 9.11. The molecule has 0 spiro atoms. The van der Waals surface area contributed by atoms with Crippen LogP contribution < -0.4 is 33.9 Å². The van der Waals surface area contributed by atoms with E-state index in [2.05, 4.69) is 52.5 Å². The van der Waals surface area contributed by atoms with Crippen LogP contribution in [-0.2, 0) is 28.0 Å². The lowest BCUT2D eigenvalue weighted by Crippen LogP contribution is -2.29. The lowest BCUT2D eigenvalue weighted by molar-refractivity contribution is 0.0661. The Morgan fingerprint density at radius 2 is 0.741 bits per heavy atom. The summed E-state index contributed by atoms with van der Waals surface area (Å²) in [6, 6.07) is 54.0. The average Bonchev–Trinajstić information content (AvgIpc) is 0.820. The van der Waals surface area contributed by atoms with Crippen molar-refractivity contribution in [2.75, 3.05) is 49.8 Å². The summed E-state index contributed by atoms with van der Waals surface area (Å²) in [7, 11) is 8.58. The Balaban J connectivity index is 0.000000230. The molecule has 0 saturated heterocycles. The molecule has 0 fully saturated rings. The number of hydrogen-bond acceptors (Lipinski definition) is 14. The van der Waals surface area contributed by atoms with Gasteiger partial charge in [0.2, 0.25) is 0 Å². The second-order valence-electron chi connectivity index (χ2n) is 21.4. The van der Waals surface area contributed by atoms with E-state index < -0.39 is 36.5 Å². The van der Waals surface area contributed by atoms with Crippen LogP contribution in [0.25, 0.3) is 44.5 Å². The van der Waals surface area contributed by atoms with E-state index in [-0.39, 0.29) is 62.7 Å². The number of ether oxygens (including phenoxy) is 8. The lowest BCUT2D eigenvalue weighted by Gasteiger charge is -2.13. The molecular weight excluding hydrogens is 1710 g/mol. The van der Waals surface area contributed by atoms with E-state index in [9.17, 15) is 40.7 Å². The fraction of sp³-hybridized carbons (Fsp3) is 0.127. The van der Waals surface area contributed by atoms with Crippen molar-refractivity contribution in [3.63, 3.8) is 0 Å². The van der Waals surface area contributed by atoms with Crippen molar-refractivity contribution in [2.24, 2.45) is 0 Å². The number of aldehydes is 2. The molecular formula is C79H65BBr3Cl5F6O14. The van der Waals surface area contributed by atoms with E-state index in [1.807, 2.05) is 6.07 Å². The zero-order valence-electron chi connectivity index (χ0n) is 58.0. The molecule has 0 bridgehead atoms.